The Morgan fingerprint density at radius 2 is 2.00 bits per heavy atom. The van der Waals surface area contributed by atoms with Gasteiger partial charge < -0.3 is 4.74 Å². The van der Waals surface area contributed by atoms with Gasteiger partial charge in [0.1, 0.15) is 11.3 Å². The monoisotopic (exact) mass is 281 g/mol. The molecule has 3 rings (SSSR count). The van der Waals surface area contributed by atoms with E-state index < -0.39 is 0 Å². The molecule has 0 aliphatic rings. The summed E-state index contributed by atoms with van der Waals surface area (Å²) in [6.45, 7) is 2.06. The third-order valence-electron chi connectivity index (χ3n) is 3.42. The number of pyridine rings is 1. The topological polar surface area (TPSA) is 67.9 Å². The normalized spacial score (nSPS) is 10.8. The van der Waals surface area contributed by atoms with Crippen LogP contribution in [0.3, 0.4) is 0 Å². The van der Waals surface area contributed by atoms with Crippen LogP contribution in [0.4, 0.5) is 0 Å². The highest BCUT2D eigenvalue weighted by Crippen LogP contribution is 2.32. The Morgan fingerprint density at radius 1 is 1.14 bits per heavy atom. The number of hydrogen-bond donors (Lipinski definition) is 1. The number of fused-ring (bicyclic) bond motifs is 1. The second-order valence-corrected chi connectivity index (χ2v) is 4.67. The molecular weight excluding hydrogens is 266 g/mol. The number of hydrogen-bond acceptors (Lipinski definition) is 4. The van der Waals surface area contributed by atoms with Crippen molar-refractivity contribution in [2.24, 2.45) is 0 Å². The van der Waals surface area contributed by atoms with Crippen LogP contribution in [0.5, 0.6) is 5.75 Å². The van der Waals surface area contributed by atoms with E-state index >= 15 is 0 Å². The first kappa shape index (κ1) is 13.3. The van der Waals surface area contributed by atoms with Gasteiger partial charge in [-0.25, -0.2) is 10.1 Å². The maximum atomic E-state index is 11.2. The standard InChI is InChI=1S/C16H15N3O2/c1-3-10-4-5-12-11(13-7-9-15(20)19-18-13)6-8-14(21-2)16(12)17-10/h4-9H,3H2,1-2H3,(H,19,20). The van der Waals surface area contributed by atoms with Crippen LogP contribution < -0.4 is 10.3 Å². The van der Waals surface area contributed by atoms with E-state index in [2.05, 4.69) is 22.1 Å². The first-order valence-corrected chi connectivity index (χ1v) is 6.75. The van der Waals surface area contributed by atoms with Gasteiger partial charge in [0.15, 0.2) is 0 Å². The van der Waals surface area contributed by atoms with Crippen molar-refractivity contribution < 1.29 is 4.74 Å². The third kappa shape index (κ3) is 2.38. The van der Waals surface area contributed by atoms with Gasteiger partial charge in [-0.15, -0.1) is 0 Å². The molecule has 1 N–H and O–H groups in total. The van der Waals surface area contributed by atoms with Crippen LogP contribution in [0.15, 0.2) is 41.2 Å². The quantitative estimate of drug-likeness (QED) is 0.801. The molecule has 0 amide bonds. The molecule has 106 valence electrons. The summed E-state index contributed by atoms with van der Waals surface area (Å²) in [7, 11) is 1.63. The van der Waals surface area contributed by atoms with Crippen molar-refractivity contribution in [3.05, 3.63) is 52.4 Å². The van der Waals surface area contributed by atoms with Gasteiger partial charge in [-0.2, -0.15) is 5.10 Å². The molecule has 0 aliphatic heterocycles. The zero-order valence-corrected chi connectivity index (χ0v) is 11.9. The molecule has 2 heterocycles. The van der Waals surface area contributed by atoms with Gasteiger partial charge in [0.2, 0.25) is 0 Å². The Hall–Kier alpha value is -2.69. The molecule has 1 aromatic carbocycles. The number of aromatic amines is 1. The Kier molecular flexibility index (Phi) is 3.39. The van der Waals surface area contributed by atoms with Crippen LogP contribution in [-0.4, -0.2) is 22.3 Å². The lowest BCUT2D eigenvalue weighted by molar-refractivity contribution is 0.419. The van der Waals surface area contributed by atoms with Crippen molar-refractivity contribution in [3.63, 3.8) is 0 Å². The van der Waals surface area contributed by atoms with Crippen molar-refractivity contribution in [1.29, 1.82) is 0 Å². The Bertz CT molecular complexity index is 835. The number of ether oxygens (including phenoxy) is 1. The molecule has 0 fully saturated rings. The van der Waals surface area contributed by atoms with Crippen molar-refractivity contribution in [2.45, 2.75) is 13.3 Å². The maximum absolute atomic E-state index is 11.2. The van der Waals surface area contributed by atoms with Crippen LogP contribution in [0.1, 0.15) is 12.6 Å². The van der Waals surface area contributed by atoms with Gasteiger partial charge in [0.05, 0.1) is 12.8 Å². The van der Waals surface area contributed by atoms with Crippen molar-refractivity contribution in [2.75, 3.05) is 7.11 Å². The fourth-order valence-electron chi connectivity index (χ4n) is 2.31. The van der Waals surface area contributed by atoms with E-state index in [0.29, 0.717) is 5.69 Å². The third-order valence-corrected chi connectivity index (χ3v) is 3.42. The lowest BCUT2D eigenvalue weighted by atomic mass is 10.0. The molecule has 0 radical (unpaired) electrons. The van der Waals surface area contributed by atoms with Gasteiger partial charge >= 0.3 is 0 Å². The minimum absolute atomic E-state index is 0.219. The molecule has 0 atom stereocenters. The smallest absolute Gasteiger partial charge is 0.264 e. The minimum Gasteiger partial charge on any atom is -0.494 e. The SMILES string of the molecule is CCc1ccc2c(-c3ccc(=O)[nH]n3)ccc(OC)c2n1. The van der Waals surface area contributed by atoms with E-state index in [1.165, 1.54) is 6.07 Å². The van der Waals surface area contributed by atoms with Gasteiger partial charge in [-0.05, 0) is 30.7 Å². The fraction of sp³-hybridized carbons (Fsp3) is 0.188. The Morgan fingerprint density at radius 3 is 2.67 bits per heavy atom. The molecule has 2 aromatic heterocycles. The molecular formula is C16H15N3O2. The van der Waals surface area contributed by atoms with Crippen molar-refractivity contribution in [1.82, 2.24) is 15.2 Å². The average Bonchev–Trinajstić information content (AvgIpc) is 2.54. The molecule has 0 saturated carbocycles. The van der Waals surface area contributed by atoms with Gasteiger partial charge in [0.25, 0.3) is 5.56 Å². The number of aromatic nitrogens is 3. The molecule has 5 heteroatoms. The molecule has 0 spiro atoms. The summed E-state index contributed by atoms with van der Waals surface area (Å²) < 4.78 is 5.40. The number of nitrogens with zero attached hydrogens (tertiary/aromatic N) is 2. The predicted octanol–water partition coefficient (Wildman–Crippen LogP) is 2.56. The molecule has 0 aliphatic carbocycles. The van der Waals surface area contributed by atoms with Crippen LogP contribution in [0.25, 0.3) is 22.2 Å². The van der Waals surface area contributed by atoms with Gasteiger partial charge in [0, 0.05) is 22.7 Å². The first-order valence-electron chi connectivity index (χ1n) is 6.75. The summed E-state index contributed by atoms with van der Waals surface area (Å²) in [4.78, 5) is 15.8. The molecule has 0 bridgehead atoms. The van der Waals surface area contributed by atoms with Crippen LogP contribution >= 0.6 is 0 Å². The summed E-state index contributed by atoms with van der Waals surface area (Å²) in [5, 5.41) is 7.50. The van der Waals surface area contributed by atoms with E-state index in [1.807, 2.05) is 24.3 Å². The number of aryl methyl sites for hydroxylation is 1. The zero-order chi connectivity index (χ0) is 14.8. The maximum Gasteiger partial charge on any atom is 0.264 e. The average molecular weight is 281 g/mol. The van der Waals surface area contributed by atoms with Crippen molar-refractivity contribution >= 4 is 10.9 Å². The minimum atomic E-state index is -0.219. The molecule has 5 nitrogen and oxygen atoms in total. The highest BCUT2D eigenvalue weighted by Gasteiger charge is 2.11. The molecule has 3 aromatic rings. The lowest BCUT2D eigenvalue weighted by Gasteiger charge is -2.10. The van der Waals surface area contributed by atoms with Crippen LogP contribution in [0.2, 0.25) is 0 Å². The predicted molar refractivity (Wildman–Crippen MR) is 81.5 cm³/mol. The van der Waals surface area contributed by atoms with Crippen molar-refractivity contribution in [3.8, 4) is 17.0 Å². The van der Waals surface area contributed by atoms with E-state index in [-0.39, 0.29) is 5.56 Å². The molecule has 21 heavy (non-hydrogen) atoms. The number of nitrogens with one attached hydrogen (secondary N) is 1. The Balaban J connectivity index is 2.29. The van der Waals surface area contributed by atoms with E-state index in [4.69, 9.17) is 4.74 Å². The number of benzene rings is 1. The summed E-state index contributed by atoms with van der Waals surface area (Å²) in [6, 6.07) is 11.0. The van der Waals surface area contributed by atoms with E-state index in [9.17, 15) is 4.79 Å². The van der Waals surface area contributed by atoms with Crippen LogP contribution in [0, 0.1) is 0 Å². The van der Waals surface area contributed by atoms with E-state index in [0.717, 1.165) is 34.3 Å². The summed E-state index contributed by atoms with van der Waals surface area (Å²) >= 11 is 0. The second-order valence-electron chi connectivity index (χ2n) is 4.67. The van der Waals surface area contributed by atoms with Gasteiger partial charge in [-0.3, -0.25) is 4.79 Å². The summed E-state index contributed by atoms with van der Waals surface area (Å²) in [6.07, 6.45) is 0.861. The zero-order valence-electron chi connectivity index (χ0n) is 11.9. The molecule has 0 saturated heterocycles. The van der Waals surface area contributed by atoms with Gasteiger partial charge in [-0.1, -0.05) is 13.0 Å². The largest absolute Gasteiger partial charge is 0.494 e. The number of H-pyrrole nitrogens is 1. The highest BCUT2D eigenvalue weighted by molar-refractivity contribution is 5.97. The summed E-state index contributed by atoms with van der Waals surface area (Å²) in [5.41, 5.74) is 3.21. The second kappa shape index (κ2) is 5.36. The molecule has 0 unspecified atom stereocenters. The lowest BCUT2D eigenvalue weighted by Crippen LogP contribution is -2.05. The number of rotatable bonds is 3. The fourth-order valence-corrected chi connectivity index (χ4v) is 2.31. The first-order chi connectivity index (χ1) is 10.2. The number of methoxy groups -OCH3 is 1. The Labute approximate surface area is 121 Å². The summed E-state index contributed by atoms with van der Waals surface area (Å²) in [5.74, 6) is 0.730. The van der Waals surface area contributed by atoms with E-state index in [1.54, 1.807) is 13.2 Å². The van der Waals surface area contributed by atoms with Crippen LogP contribution in [-0.2, 0) is 6.42 Å². The highest BCUT2D eigenvalue weighted by atomic mass is 16.5.